The number of unbranched alkanes of at least 4 members (excludes halogenated alkanes) is 45. The lowest BCUT2D eigenvalue weighted by molar-refractivity contribution is -0.161. The fraction of sp³-hybridized carbons (Fsp3) is 0.893. The van der Waals surface area contributed by atoms with Gasteiger partial charge in [0, 0.05) is 25.7 Å². The van der Waals surface area contributed by atoms with Crippen LogP contribution in [-0.2, 0) is 65.4 Å². The van der Waals surface area contributed by atoms with Gasteiger partial charge in [-0.2, -0.15) is 0 Å². The Labute approximate surface area is 573 Å². The molecule has 0 heterocycles. The minimum Gasteiger partial charge on any atom is -0.462 e. The molecule has 0 aliphatic rings. The second-order valence-corrected chi connectivity index (χ2v) is 29.3. The molecule has 0 aliphatic heterocycles. The molecule has 0 aromatic heterocycles. The first kappa shape index (κ1) is 91.5. The SMILES string of the molecule is CCCCCC/C=C\C=C/CCCCCCCC(=O)OC[C@H](COP(=O)(O)OC[C@@H](O)COP(=O)(O)OC[C@@H](COC(=O)CCCCCCCCCCCCC)OC(=O)CCCCCCCCCCCCCC)OC(=O)CCCCCCCCCCCCCCCCCC. The van der Waals surface area contributed by atoms with Crippen LogP contribution in [0.4, 0.5) is 0 Å². The number of aliphatic hydroxyl groups is 1. The van der Waals surface area contributed by atoms with Gasteiger partial charge in [-0.15, -0.1) is 0 Å². The molecule has 554 valence electrons. The Morgan fingerprint density at radius 1 is 0.298 bits per heavy atom. The van der Waals surface area contributed by atoms with Crippen LogP contribution in [0.15, 0.2) is 24.3 Å². The molecule has 0 saturated heterocycles. The monoisotopic (exact) mass is 1380 g/mol. The first-order valence-electron chi connectivity index (χ1n) is 38.6. The van der Waals surface area contributed by atoms with E-state index in [0.29, 0.717) is 25.7 Å². The standard InChI is InChI=1S/C75H142O17P2/c1-5-9-13-17-21-25-29-32-34-36-38-42-46-50-54-58-62-75(80)92-71(66-86-73(78)60-56-52-48-44-41-37-35-33-30-26-22-18-14-10-6-2)68-90-94(83,84)88-64-69(76)63-87-93(81,82)89-67-70(65-85-72(77)59-55-51-47-43-39-28-24-20-16-12-8-4)91-74(79)61-57-53-49-45-40-31-27-23-19-15-11-7-3/h26,30,33,35,69-71,76H,5-25,27-29,31-32,34,36-68H2,1-4H3,(H,81,82)(H,83,84)/b30-26-,35-33-/t69-,70+,71+/m0/s1. The summed E-state index contributed by atoms with van der Waals surface area (Å²) in [5, 5.41) is 10.6. The lowest BCUT2D eigenvalue weighted by Gasteiger charge is -2.21. The maximum absolute atomic E-state index is 13.1. The second-order valence-electron chi connectivity index (χ2n) is 26.4. The van der Waals surface area contributed by atoms with Crippen LogP contribution in [0.25, 0.3) is 0 Å². The third kappa shape index (κ3) is 68.1. The molecule has 0 fully saturated rings. The van der Waals surface area contributed by atoms with Crippen molar-refractivity contribution < 1.29 is 80.2 Å². The molecule has 94 heavy (non-hydrogen) atoms. The zero-order valence-electron chi connectivity index (χ0n) is 60.4. The summed E-state index contributed by atoms with van der Waals surface area (Å²) in [5.74, 6) is -2.14. The third-order valence-corrected chi connectivity index (χ3v) is 18.9. The van der Waals surface area contributed by atoms with Crippen molar-refractivity contribution in [1.82, 2.24) is 0 Å². The van der Waals surface area contributed by atoms with Gasteiger partial charge in [0.05, 0.1) is 26.4 Å². The normalized spacial score (nSPS) is 14.1. The van der Waals surface area contributed by atoms with Crippen molar-refractivity contribution in [2.45, 2.75) is 393 Å². The Morgan fingerprint density at radius 2 is 0.511 bits per heavy atom. The predicted octanol–water partition coefficient (Wildman–Crippen LogP) is 21.8. The van der Waals surface area contributed by atoms with Crippen molar-refractivity contribution in [3.63, 3.8) is 0 Å². The Kier molecular flexibility index (Phi) is 67.2. The van der Waals surface area contributed by atoms with E-state index >= 15 is 0 Å². The molecule has 2 unspecified atom stereocenters. The van der Waals surface area contributed by atoms with Gasteiger partial charge in [0.2, 0.25) is 0 Å². The van der Waals surface area contributed by atoms with E-state index in [1.54, 1.807) is 0 Å². The Bertz CT molecular complexity index is 1880. The maximum atomic E-state index is 13.1. The molecular weight excluding hydrogens is 1230 g/mol. The highest BCUT2D eigenvalue weighted by Crippen LogP contribution is 2.45. The number of aliphatic hydroxyl groups excluding tert-OH is 1. The summed E-state index contributed by atoms with van der Waals surface area (Å²) in [6, 6.07) is 0. The third-order valence-electron chi connectivity index (χ3n) is 17.0. The molecule has 0 rings (SSSR count). The Hall–Kier alpha value is -2.46. The van der Waals surface area contributed by atoms with Crippen LogP contribution in [0.1, 0.15) is 374 Å². The number of rotatable bonds is 74. The molecule has 0 radical (unpaired) electrons. The predicted molar refractivity (Wildman–Crippen MR) is 381 cm³/mol. The number of allylic oxidation sites excluding steroid dienone is 4. The molecule has 5 atom stereocenters. The van der Waals surface area contributed by atoms with Gasteiger partial charge >= 0.3 is 39.5 Å². The van der Waals surface area contributed by atoms with Crippen LogP contribution < -0.4 is 0 Å². The first-order valence-corrected chi connectivity index (χ1v) is 41.6. The lowest BCUT2D eigenvalue weighted by Crippen LogP contribution is -2.30. The van der Waals surface area contributed by atoms with Crippen molar-refractivity contribution >= 4 is 39.5 Å². The van der Waals surface area contributed by atoms with Crippen molar-refractivity contribution in [3.05, 3.63) is 24.3 Å². The van der Waals surface area contributed by atoms with Crippen LogP contribution in [0.3, 0.4) is 0 Å². The van der Waals surface area contributed by atoms with E-state index in [9.17, 15) is 43.2 Å². The van der Waals surface area contributed by atoms with Gasteiger partial charge in [0.15, 0.2) is 12.2 Å². The van der Waals surface area contributed by atoms with E-state index in [1.807, 2.05) is 0 Å². The summed E-state index contributed by atoms with van der Waals surface area (Å²) in [6.07, 6.45) is 61.6. The van der Waals surface area contributed by atoms with Crippen LogP contribution in [0.5, 0.6) is 0 Å². The van der Waals surface area contributed by atoms with Gasteiger partial charge in [0.25, 0.3) is 0 Å². The van der Waals surface area contributed by atoms with Gasteiger partial charge < -0.3 is 33.8 Å². The van der Waals surface area contributed by atoms with Crippen molar-refractivity contribution in [1.29, 1.82) is 0 Å². The average Bonchev–Trinajstić information content (AvgIpc) is 2.34. The van der Waals surface area contributed by atoms with Crippen LogP contribution >= 0.6 is 15.6 Å². The molecule has 3 N–H and O–H groups in total. The summed E-state index contributed by atoms with van der Waals surface area (Å²) in [6.45, 7) is 4.92. The number of esters is 4. The van der Waals surface area contributed by atoms with Gasteiger partial charge in [0.1, 0.15) is 19.3 Å². The second kappa shape index (κ2) is 69.0. The van der Waals surface area contributed by atoms with Gasteiger partial charge in [-0.3, -0.25) is 37.3 Å². The fourth-order valence-electron chi connectivity index (χ4n) is 11.0. The van der Waals surface area contributed by atoms with E-state index in [4.69, 9.17) is 37.0 Å². The summed E-state index contributed by atoms with van der Waals surface area (Å²) in [4.78, 5) is 72.7. The molecule has 19 heteroatoms. The zero-order valence-corrected chi connectivity index (χ0v) is 62.2. The van der Waals surface area contributed by atoms with E-state index < -0.39 is 97.5 Å². The number of phosphoric acid groups is 2. The highest BCUT2D eigenvalue weighted by Gasteiger charge is 2.30. The van der Waals surface area contributed by atoms with Crippen LogP contribution in [-0.4, -0.2) is 96.7 Å². The van der Waals surface area contributed by atoms with E-state index in [1.165, 1.54) is 186 Å². The molecule has 0 bridgehead atoms. The average molecular weight is 1380 g/mol. The number of phosphoric ester groups is 2. The van der Waals surface area contributed by atoms with E-state index in [-0.39, 0.29) is 25.7 Å². The highest BCUT2D eigenvalue weighted by molar-refractivity contribution is 7.47. The van der Waals surface area contributed by atoms with Gasteiger partial charge in [-0.1, -0.05) is 322 Å². The summed E-state index contributed by atoms with van der Waals surface area (Å²) >= 11 is 0. The Balaban J connectivity index is 5.28. The minimum atomic E-state index is -4.96. The van der Waals surface area contributed by atoms with Crippen LogP contribution in [0, 0.1) is 0 Å². The lowest BCUT2D eigenvalue weighted by atomic mass is 10.0. The fourth-order valence-corrected chi connectivity index (χ4v) is 12.6. The quantitative estimate of drug-likeness (QED) is 0.0169. The summed E-state index contributed by atoms with van der Waals surface area (Å²) in [5.41, 5.74) is 0. The van der Waals surface area contributed by atoms with Crippen molar-refractivity contribution in [2.75, 3.05) is 39.6 Å². The number of hydrogen-bond acceptors (Lipinski definition) is 15. The van der Waals surface area contributed by atoms with Gasteiger partial charge in [-0.05, 0) is 51.4 Å². The summed E-state index contributed by atoms with van der Waals surface area (Å²) in [7, 11) is -9.92. The Morgan fingerprint density at radius 3 is 0.777 bits per heavy atom. The molecule has 0 aromatic rings. The number of carbonyl (C=O) groups excluding carboxylic acids is 4. The minimum absolute atomic E-state index is 0.102. The van der Waals surface area contributed by atoms with E-state index in [2.05, 4.69) is 52.0 Å². The maximum Gasteiger partial charge on any atom is 0.472 e. The van der Waals surface area contributed by atoms with Crippen molar-refractivity contribution in [3.8, 4) is 0 Å². The molecule has 17 nitrogen and oxygen atoms in total. The zero-order chi connectivity index (χ0) is 69.0. The van der Waals surface area contributed by atoms with Crippen molar-refractivity contribution in [2.24, 2.45) is 0 Å². The molecule has 0 aliphatic carbocycles. The van der Waals surface area contributed by atoms with Gasteiger partial charge in [-0.25, -0.2) is 9.13 Å². The molecule has 0 spiro atoms. The molecule has 0 saturated carbocycles. The van der Waals surface area contributed by atoms with E-state index in [0.717, 1.165) is 109 Å². The molecule has 0 aromatic carbocycles. The highest BCUT2D eigenvalue weighted by atomic mass is 31.2. The largest absolute Gasteiger partial charge is 0.472 e. The molecular formula is C75H142O17P2. The smallest absolute Gasteiger partial charge is 0.462 e. The topological polar surface area (TPSA) is 237 Å². The first-order chi connectivity index (χ1) is 45.7. The number of ether oxygens (including phenoxy) is 4. The molecule has 0 amide bonds. The number of carbonyl (C=O) groups is 4. The van der Waals surface area contributed by atoms with Crippen LogP contribution in [0.2, 0.25) is 0 Å². The summed E-state index contributed by atoms with van der Waals surface area (Å²) < 4.78 is 68.4. The number of hydrogen-bond donors (Lipinski definition) is 3.